The van der Waals surface area contributed by atoms with Crippen molar-refractivity contribution in [1.82, 2.24) is 9.36 Å². The molecule has 9 heteroatoms. The number of nitrogens with zero attached hydrogens (tertiary/aromatic N) is 2. The Hall–Kier alpha value is -4.01. The summed E-state index contributed by atoms with van der Waals surface area (Å²) in [7, 11) is 1.73. The van der Waals surface area contributed by atoms with Gasteiger partial charge in [-0.05, 0) is 57.5 Å². The number of anilines is 1. The lowest BCUT2D eigenvalue weighted by Crippen LogP contribution is -2.32. The minimum Gasteiger partial charge on any atom is -0.490 e. The van der Waals surface area contributed by atoms with Crippen molar-refractivity contribution in [2.45, 2.75) is 40.2 Å². The second-order valence-corrected chi connectivity index (χ2v) is 7.92. The average molecular weight is 482 g/mol. The van der Waals surface area contributed by atoms with Crippen molar-refractivity contribution in [1.29, 1.82) is 0 Å². The summed E-state index contributed by atoms with van der Waals surface area (Å²) < 4.78 is 19.7. The normalized spacial score (nSPS) is 11.6. The molecule has 0 aliphatic rings. The summed E-state index contributed by atoms with van der Waals surface area (Å²) in [5.41, 5.74) is 1.20. The Morgan fingerprint density at radius 2 is 1.74 bits per heavy atom. The minimum absolute atomic E-state index is 0.125. The van der Waals surface area contributed by atoms with Gasteiger partial charge in [0.05, 0.1) is 30.2 Å². The zero-order chi connectivity index (χ0) is 25.5. The number of carbonyl (C=O) groups is 2. The van der Waals surface area contributed by atoms with Gasteiger partial charge < -0.3 is 19.5 Å². The molecule has 35 heavy (non-hydrogen) atoms. The van der Waals surface area contributed by atoms with Gasteiger partial charge in [0.15, 0.2) is 17.6 Å². The molecule has 1 amide bonds. The lowest BCUT2D eigenvalue weighted by molar-refractivity contribution is -0.123. The fraction of sp³-hybridized carbons (Fsp3) is 0.346. The number of amides is 1. The Kier molecular flexibility index (Phi) is 8.35. The Labute approximate surface area is 204 Å². The maximum absolute atomic E-state index is 13.0. The van der Waals surface area contributed by atoms with Crippen LogP contribution in [0.15, 0.2) is 53.3 Å². The quantitative estimate of drug-likeness (QED) is 0.442. The molecular weight excluding hydrogens is 450 g/mol. The zero-order valence-corrected chi connectivity index (χ0v) is 20.7. The zero-order valence-electron chi connectivity index (χ0n) is 20.7. The van der Waals surface area contributed by atoms with Crippen molar-refractivity contribution in [2.75, 3.05) is 18.5 Å². The van der Waals surface area contributed by atoms with E-state index in [2.05, 4.69) is 5.32 Å². The molecular formula is C26H31N3O6. The Morgan fingerprint density at radius 1 is 1.03 bits per heavy atom. The molecule has 1 aromatic heterocycles. The predicted octanol–water partition coefficient (Wildman–Crippen LogP) is 3.86. The molecule has 0 spiro atoms. The highest BCUT2D eigenvalue weighted by molar-refractivity contribution is 5.97. The number of para-hydroxylation sites is 1. The second kappa shape index (κ2) is 11.4. The molecule has 3 aromatic rings. The van der Waals surface area contributed by atoms with E-state index < -0.39 is 18.0 Å². The molecule has 0 radical (unpaired) electrons. The standard InChI is InChI=1S/C26H31N3O6/c1-6-15-34-21-14-13-19(16-22(21)33-7-2)26(32)35-18(4)24(30)27-23-17(3)28(5)29(25(23)31)20-11-9-8-10-12-20/h8-14,16,18H,6-7,15H2,1-5H3,(H,27,30). The first kappa shape index (κ1) is 25.6. The van der Waals surface area contributed by atoms with Crippen LogP contribution < -0.4 is 20.3 Å². The number of esters is 1. The summed E-state index contributed by atoms with van der Waals surface area (Å²) in [6.07, 6.45) is -0.308. The van der Waals surface area contributed by atoms with Crippen molar-refractivity contribution in [3.8, 4) is 17.2 Å². The maximum Gasteiger partial charge on any atom is 0.339 e. The van der Waals surface area contributed by atoms with Crippen LogP contribution >= 0.6 is 0 Å². The smallest absolute Gasteiger partial charge is 0.339 e. The number of benzene rings is 2. The van der Waals surface area contributed by atoms with E-state index in [9.17, 15) is 14.4 Å². The highest BCUT2D eigenvalue weighted by Crippen LogP contribution is 2.29. The third-order valence-electron chi connectivity index (χ3n) is 5.40. The van der Waals surface area contributed by atoms with Gasteiger partial charge in [0, 0.05) is 7.05 Å². The minimum atomic E-state index is -1.14. The fourth-order valence-corrected chi connectivity index (χ4v) is 3.45. The van der Waals surface area contributed by atoms with E-state index in [4.69, 9.17) is 14.2 Å². The number of rotatable bonds is 10. The fourth-order valence-electron chi connectivity index (χ4n) is 3.45. The van der Waals surface area contributed by atoms with Crippen molar-refractivity contribution in [3.05, 3.63) is 70.1 Å². The van der Waals surface area contributed by atoms with Crippen molar-refractivity contribution >= 4 is 17.6 Å². The molecule has 0 fully saturated rings. The topological polar surface area (TPSA) is 101 Å². The molecule has 0 aliphatic carbocycles. The van der Waals surface area contributed by atoms with Crippen LogP contribution in [0.1, 0.15) is 43.2 Å². The van der Waals surface area contributed by atoms with Crippen LogP contribution in [0.25, 0.3) is 5.69 Å². The first-order chi connectivity index (χ1) is 16.8. The summed E-state index contributed by atoms with van der Waals surface area (Å²) in [5, 5.41) is 2.62. The summed E-state index contributed by atoms with van der Waals surface area (Å²) in [6, 6.07) is 13.8. The van der Waals surface area contributed by atoms with Crippen LogP contribution in [0.4, 0.5) is 5.69 Å². The molecule has 1 unspecified atom stereocenters. The van der Waals surface area contributed by atoms with Gasteiger partial charge in [-0.25, -0.2) is 9.48 Å². The first-order valence-corrected chi connectivity index (χ1v) is 11.5. The third kappa shape index (κ3) is 5.74. The van der Waals surface area contributed by atoms with Gasteiger partial charge in [-0.1, -0.05) is 25.1 Å². The second-order valence-electron chi connectivity index (χ2n) is 7.92. The monoisotopic (exact) mass is 481 g/mol. The van der Waals surface area contributed by atoms with E-state index >= 15 is 0 Å². The molecule has 186 valence electrons. The van der Waals surface area contributed by atoms with Crippen LogP contribution in [0, 0.1) is 6.92 Å². The lowest BCUT2D eigenvalue weighted by atomic mass is 10.2. The summed E-state index contributed by atoms with van der Waals surface area (Å²) >= 11 is 0. The van der Waals surface area contributed by atoms with E-state index in [-0.39, 0.29) is 16.8 Å². The van der Waals surface area contributed by atoms with Gasteiger partial charge in [-0.3, -0.25) is 14.3 Å². The molecule has 1 N–H and O–H groups in total. The van der Waals surface area contributed by atoms with E-state index in [1.54, 1.807) is 42.9 Å². The SMILES string of the molecule is CCCOc1ccc(C(=O)OC(C)C(=O)Nc2c(C)n(C)n(-c3ccccc3)c2=O)cc1OCC. The van der Waals surface area contributed by atoms with E-state index in [1.165, 1.54) is 17.7 Å². The summed E-state index contributed by atoms with van der Waals surface area (Å²) in [4.78, 5) is 38.5. The number of ether oxygens (including phenoxy) is 3. The predicted molar refractivity (Wildman–Crippen MR) is 133 cm³/mol. The Balaban J connectivity index is 1.74. The van der Waals surface area contributed by atoms with Crippen LogP contribution in [0.2, 0.25) is 0 Å². The van der Waals surface area contributed by atoms with E-state index in [0.717, 1.165) is 6.42 Å². The number of carbonyl (C=O) groups excluding carboxylic acids is 2. The highest BCUT2D eigenvalue weighted by Gasteiger charge is 2.24. The van der Waals surface area contributed by atoms with E-state index in [1.807, 2.05) is 32.0 Å². The highest BCUT2D eigenvalue weighted by atomic mass is 16.5. The molecule has 9 nitrogen and oxygen atoms in total. The van der Waals surface area contributed by atoms with Crippen molar-refractivity contribution in [3.63, 3.8) is 0 Å². The third-order valence-corrected chi connectivity index (χ3v) is 5.40. The van der Waals surface area contributed by atoms with E-state index in [0.29, 0.717) is 36.1 Å². The number of aromatic nitrogens is 2. The maximum atomic E-state index is 13.0. The molecule has 1 heterocycles. The number of hydrogen-bond acceptors (Lipinski definition) is 6. The van der Waals surface area contributed by atoms with Crippen molar-refractivity contribution in [2.24, 2.45) is 7.05 Å². The van der Waals surface area contributed by atoms with Gasteiger partial charge in [0.25, 0.3) is 11.5 Å². The lowest BCUT2D eigenvalue weighted by Gasteiger charge is -2.15. The largest absolute Gasteiger partial charge is 0.490 e. The summed E-state index contributed by atoms with van der Waals surface area (Å²) in [5.74, 6) is -0.349. The first-order valence-electron chi connectivity index (χ1n) is 11.5. The molecule has 3 rings (SSSR count). The van der Waals surface area contributed by atoms with Crippen LogP contribution in [-0.2, 0) is 16.6 Å². The molecule has 0 bridgehead atoms. The van der Waals surface area contributed by atoms with Gasteiger partial charge in [-0.2, -0.15) is 0 Å². The van der Waals surface area contributed by atoms with Crippen LogP contribution in [0.5, 0.6) is 11.5 Å². The molecule has 0 aliphatic heterocycles. The molecule has 2 aromatic carbocycles. The average Bonchev–Trinajstić information content (AvgIpc) is 3.06. The van der Waals surface area contributed by atoms with Gasteiger partial charge in [-0.15, -0.1) is 0 Å². The summed E-state index contributed by atoms with van der Waals surface area (Å²) in [6.45, 7) is 7.92. The number of nitrogens with one attached hydrogen (secondary N) is 1. The van der Waals surface area contributed by atoms with Gasteiger partial charge in [0.2, 0.25) is 0 Å². The van der Waals surface area contributed by atoms with Gasteiger partial charge in [0.1, 0.15) is 5.69 Å². The van der Waals surface area contributed by atoms with Crippen molar-refractivity contribution < 1.29 is 23.8 Å². The molecule has 0 saturated heterocycles. The molecule has 1 atom stereocenters. The molecule has 0 saturated carbocycles. The Morgan fingerprint density at radius 3 is 2.40 bits per heavy atom. The van der Waals surface area contributed by atoms with Crippen LogP contribution in [-0.4, -0.2) is 40.6 Å². The Bertz CT molecular complexity index is 1250. The van der Waals surface area contributed by atoms with Gasteiger partial charge >= 0.3 is 5.97 Å². The number of hydrogen-bond donors (Lipinski definition) is 1. The van der Waals surface area contributed by atoms with Crippen LogP contribution in [0.3, 0.4) is 0 Å².